The van der Waals surface area contributed by atoms with Crippen molar-refractivity contribution in [2.24, 2.45) is 0 Å². The van der Waals surface area contributed by atoms with E-state index in [2.05, 4.69) is 10.4 Å². The van der Waals surface area contributed by atoms with Gasteiger partial charge in [-0.3, -0.25) is 9.48 Å². The lowest BCUT2D eigenvalue weighted by Gasteiger charge is -2.06. The van der Waals surface area contributed by atoms with E-state index in [0.29, 0.717) is 13.2 Å². The monoisotopic (exact) mass is 247 g/mol. The molecule has 0 aliphatic heterocycles. The summed E-state index contributed by atoms with van der Waals surface area (Å²) in [5.41, 5.74) is 2.14. The summed E-state index contributed by atoms with van der Waals surface area (Å²) in [6, 6.07) is 6.08. The quantitative estimate of drug-likeness (QED) is 0.805. The Bertz CT molecular complexity index is 548. The average molecular weight is 247 g/mol. The highest BCUT2D eigenvalue weighted by atomic mass is 16.5. The molecule has 0 bridgehead atoms. The molecule has 0 aliphatic rings. The third kappa shape index (κ3) is 2.87. The minimum absolute atomic E-state index is 0.0569. The van der Waals surface area contributed by atoms with Gasteiger partial charge in [-0.2, -0.15) is 5.10 Å². The topological polar surface area (TPSA) is 56.1 Å². The van der Waals surface area contributed by atoms with Crippen LogP contribution in [0.1, 0.15) is 5.56 Å². The molecule has 1 aromatic heterocycles. The van der Waals surface area contributed by atoms with Crippen molar-refractivity contribution in [3.05, 3.63) is 30.0 Å². The number of hydrogen-bond acceptors (Lipinski definition) is 3. The second kappa shape index (κ2) is 5.64. The number of aryl methyl sites for hydroxylation is 1. The maximum absolute atomic E-state index is 11.7. The number of nitrogens with one attached hydrogen (secondary N) is 1. The maximum Gasteiger partial charge on any atom is 0.241 e. The molecule has 2 rings (SSSR count). The van der Waals surface area contributed by atoms with Crippen LogP contribution in [0.5, 0.6) is 0 Å². The van der Waals surface area contributed by atoms with Gasteiger partial charge in [-0.15, -0.1) is 0 Å². The van der Waals surface area contributed by atoms with Crippen molar-refractivity contribution in [1.29, 1.82) is 0 Å². The van der Waals surface area contributed by atoms with E-state index in [4.69, 9.17) is 4.74 Å². The lowest BCUT2D eigenvalue weighted by atomic mass is 10.2. The predicted octanol–water partition coefficient (Wildman–Crippen LogP) is 1.11. The van der Waals surface area contributed by atoms with Gasteiger partial charge < -0.3 is 10.1 Å². The van der Waals surface area contributed by atoms with E-state index >= 15 is 0 Å². The van der Waals surface area contributed by atoms with Gasteiger partial charge in [0, 0.05) is 19.0 Å². The van der Waals surface area contributed by atoms with Crippen molar-refractivity contribution in [2.45, 2.75) is 13.5 Å². The second-order valence-electron chi connectivity index (χ2n) is 4.21. The third-order valence-corrected chi connectivity index (χ3v) is 2.72. The summed E-state index contributed by atoms with van der Waals surface area (Å²) >= 11 is 0. The van der Waals surface area contributed by atoms with Gasteiger partial charge >= 0.3 is 0 Å². The zero-order chi connectivity index (χ0) is 13.0. The number of benzene rings is 1. The number of methoxy groups -OCH3 is 1. The number of fused-ring (bicyclic) bond motifs is 1. The molecule has 5 heteroatoms. The number of carbonyl (C=O) groups excluding carboxylic acids is 1. The van der Waals surface area contributed by atoms with Crippen LogP contribution in [0.15, 0.2) is 24.4 Å². The van der Waals surface area contributed by atoms with Crippen LogP contribution < -0.4 is 5.32 Å². The fourth-order valence-corrected chi connectivity index (χ4v) is 1.79. The first-order valence-electron chi connectivity index (χ1n) is 5.88. The highest BCUT2D eigenvalue weighted by Crippen LogP contribution is 2.14. The van der Waals surface area contributed by atoms with Crippen molar-refractivity contribution in [3.8, 4) is 0 Å². The molecule has 0 saturated heterocycles. The van der Waals surface area contributed by atoms with E-state index in [1.165, 1.54) is 0 Å². The molecule has 0 atom stereocenters. The van der Waals surface area contributed by atoms with Gasteiger partial charge in [0.15, 0.2) is 0 Å². The zero-order valence-corrected chi connectivity index (χ0v) is 10.6. The normalized spacial score (nSPS) is 10.8. The van der Waals surface area contributed by atoms with E-state index in [0.717, 1.165) is 16.5 Å². The van der Waals surface area contributed by atoms with Crippen LogP contribution in [-0.2, 0) is 16.1 Å². The van der Waals surface area contributed by atoms with E-state index in [1.54, 1.807) is 18.0 Å². The lowest BCUT2D eigenvalue weighted by Crippen LogP contribution is -2.30. The van der Waals surface area contributed by atoms with E-state index in [9.17, 15) is 4.79 Å². The van der Waals surface area contributed by atoms with Gasteiger partial charge in [0.05, 0.1) is 18.3 Å². The fraction of sp³-hybridized carbons (Fsp3) is 0.385. The molecule has 0 fully saturated rings. The molecule has 2 aromatic rings. The lowest BCUT2D eigenvalue weighted by molar-refractivity contribution is -0.121. The summed E-state index contributed by atoms with van der Waals surface area (Å²) in [5, 5.41) is 8.05. The Labute approximate surface area is 106 Å². The molecule has 96 valence electrons. The minimum atomic E-state index is -0.0569. The maximum atomic E-state index is 11.7. The molecule has 5 nitrogen and oxygen atoms in total. The Morgan fingerprint density at radius 2 is 2.33 bits per heavy atom. The van der Waals surface area contributed by atoms with Gasteiger partial charge in [0.25, 0.3) is 0 Å². The summed E-state index contributed by atoms with van der Waals surface area (Å²) in [7, 11) is 1.61. The predicted molar refractivity (Wildman–Crippen MR) is 69.4 cm³/mol. The third-order valence-electron chi connectivity index (χ3n) is 2.72. The molecule has 0 spiro atoms. The number of ether oxygens (including phenoxy) is 1. The number of hydrogen-bond donors (Lipinski definition) is 1. The second-order valence-corrected chi connectivity index (χ2v) is 4.21. The molecule has 0 saturated carbocycles. The van der Waals surface area contributed by atoms with E-state index in [1.807, 2.05) is 25.1 Å². The van der Waals surface area contributed by atoms with Crippen LogP contribution in [0.3, 0.4) is 0 Å². The highest BCUT2D eigenvalue weighted by molar-refractivity contribution is 5.82. The van der Waals surface area contributed by atoms with Crippen LogP contribution >= 0.6 is 0 Å². The number of aromatic nitrogens is 2. The molecular formula is C13H17N3O2. The molecule has 1 N–H and O–H groups in total. The van der Waals surface area contributed by atoms with E-state index < -0.39 is 0 Å². The SMILES string of the molecule is COCCNC(=O)Cn1ncc2ccc(C)cc21. The molecule has 0 radical (unpaired) electrons. The van der Waals surface area contributed by atoms with Crippen molar-refractivity contribution < 1.29 is 9.53 Å². The molecule has 1 aromatic carbocycles. The average Bonchev–Trinajstić information content (AvgIpc) is 2.72. The number of carbonyl (C=O) groups is 1. The molecule has 0 unspecified atom stereocenters. The zero-order valence-electron chi connectivity index (χ0n) is 10.6. The first-order valence-corrected chi connectivity index (χ1v) is 5.88. The van der Waals surface area contributed by atoms with Crippen LogP contribution in [0.4, 0.5) is 0 Å². The van der Waals surface area contributed by atoms with Crippen molar-refractivity contribution in [2.75, 3.05) is 20.3 Å². The Morgan fingerprint density at radius 1 is 1.50 bits per heavy atom. The van der Waals surface area contributed by atoms with Gasteiger partial charge in [-0.05, 0) is 18.6 Å². The smallest absolute Gasteiger partial charge is 0.241 e. The Morgan fingerprint density at radius 3 is 3.11 bits per heavy atom. The molecule has 1 amide bonds. The van der Waals surface area contributed by atoms with Gasteiger partial charge in [-0.1, -0.05) is 12.1 Å². The Kier molecular flexibility index (Phi) is 3.94. The number of nitrogens with zero attached hydrogens (tertiary/aromatic N) is 2. The van der Waals surface area contributed by atoms with Gasteiger partial charge in [0.1, 0.15) is 6.54 Å². The first-order chi connectivity index (χ1) is 8.70. The van der Waals surface area contributed by atoms with Crippen LogP contribution in [-0.4, -0.2) is 35.9 Å². The van der Waals surface area contributed by atoms with E-state index in [-0.39, 0.29) is 12.5 Å². The largest absolute Gasteiger partial charge is 0.383 e. The number of amides is 1. The summed E-state index contributed by atoms with van der Waals surface area (Å²) in [6.07, 6.45) is 1.78. The van der Waals surface area contributed by atoms with Crippen molar-refractivity contribution >= 4 is 16.8 Å². The summed E-state index contributed by atoms with van der Waals surface area (Å²) in [5.74, 6) is -0.0569. The Hall–Kier alpha value is -1.88. The van der Waals surface area contributed by atoms with Crippen LogP contribution in [0, 0.1) is 6.92 Å². The standard InChI is InChI=1S/C13H17N3O2/c1-10-3-4-11-8-15-16(12(11)7-10)9-13(17)14-5-6-18-2/h3-4,7-8H,5-6,9H2,1-2H3,(H,14,17). The van der Waals surface area contributed by atoms with Gasteiger partial charge in [0.2, 0.25) is 5.91 Å². The fourth-order valence-electron chi connectivity index (χ4n) is 1.79. The molecule has 18 heavy (non-hydrogen) atoms. The van der Waals surface area contributed by atoms with Crippen molar-refractivity contribution in [1.82, 2.24) is 15.1 Å². The minimum Gasteiger partial charge on any atom is -0.383 e. The molecular weight excluding hydrogens is 230 g/mol. The molecule has 0 aliphatic carbocycles. The first kappa shape index (κ1) is 12.6. The summed E-state index contributed by atoms with van der Waals surface area (Å²) in [6.45, 7) is 3.30. The van der Waals surface area contributed by atoms with Gasteiger partial charge in [-0.25, -0.2) is 0 Å². The summed E-state index contributed by atoms with van der Waals surface area (Å²) in [4.78, 5) is 11.7. The highest BCUT2D eigenvalue weighted by Gasteiger charge is 2.07. The summed E-state index contributed by atoms with van der Waals surface area (Å²) < 4.78 is 6.59. The number of rotatable bonds is 5. The van der Waals surface area contributed by atoms with Crippen molar-refractivity contribution in [3.63, 3.8) is 0 Å². The van der Waals surface area contributed by atoms with Crippen LogP contribution in [0.25, 0.3) is 10.9 Å². The molecule has 1 heterocycles. The Balaban J connectivity index is 2.07. The van der Waals surface area contributed by atoms with Crippen LogP contribution in [0.2, 0.25) is 0 Å².